The van der Waals surface area contributed by atoms with Crippen LogP contribution in [-0.2, 0) is 18.4 Å². The van der Waals surface area contributed by atoms with Crippen LogP contribution in [0.3, 0.4) is 0 Å². The van der Waals surface area contributed by atoms with Crippen molar-refractivity contribution >= 4 is 28.6 Å². The van der Waals surface area contributed by atoms with Crippen LogP contribution >= 0.6 is 0 Å². The van der Waals surface area contributed by atoms with Crippen molar-refractivity contribution in [2.24, 2.45) is 0 Å². The highest BCUT2D eigenvalue weighted by Crippen LogP contribution is 2.23. The average molecular weight is 347 g/mol. The van der Waals surface area contributed by atoms with Gasteiger partial charge in [0.05, 0.1) is 0 Å². The lowest BCUT2D eigenvalue weighted by Gasteiger charge is -2.27. The van der Waals surface area contributed by atoms with E-state index in [1.54, 1.807) is 0 Å². The normalized spacial score (nSPS) is 12.6. The molecule has 22 heavy (non-hydrogen) atoms. The molecule has 0 aromatic carbocycles. The quantitative estimate of drug-likeness (QED) is 0.442. The summed E-state index contributed by atoms with van der Waals surface area (Å²) < 4.78 is 11.2. The molecule has 0 heterocycles. The highest BCUT2D eigenvalue weighted by Gasteiger charge is 2.31. The van der Waals surface area contributed by atoms with Crippen LogP contribution in [-0.4, -0.2) is 28.6 Å². The molecule has 0 unspecified atom stereocenters. The Kier molecular flexibility index (Phi) is 8.61. The Morgan fingerprint density at radius 3 is 1.23 bits per heavy atom. The molecule has 0 N–H and O–H groups in total. The first-order valence-corrected chi connectivity index (χ1v) is 14.3. The molecule has 0 radical (unpaired) electrons. The van der Waals surface area contributed by atoms with Crippen LogP contribution in [0.25, 0.3) is 0 Å². The zero-order valence-electron chi connectivity index (χ0n) is 15.6. The van der Waals surface area contributed by atoms with Gasteiger partial charge in [-0.05, 0) is 50.1 Å². The van der Waals surface area contributed by atoms with E-state index >= 15 is 0 Å². The van der Waals surface area contributed by atoms with Crippen molar-refractivity contribution in [3.8, 4) is 0 Å². The van der Waals surface area contributed by atoms with Crippen molar-refractivity contribution < 1.29 is 18.4 Å². The van der Waals surface area contributed by atoms with E-state index in [4.69, 9.17) is 8.85 Å². The van der Waals surface area contributed by atoms with Gasteiger partial charge >= 0.3 is 0 Å². The number of unbranched alkanes of at least 4 members (excludes halogenated alkanes) is 1. The fraction of sp³-hybridized carbons (Fsp3) is 0.875. The van der Waals surface area contributed by atoms with Crippen molar-refractivity contribution in [2.75, 3.05) is 0 Å². The second-order valence-corrected chi connectivity index (χ2v) is 16.8. The van der Waals surface area contributed by atoms with Crippen LogP contribution in [0, 0.1) is 0 Å². The molecule has 0 saturated carbocycles. The van der Waals surface area contributed by atoms with Crippen LogP contribution in [0.4, 0.5) is 0 Å². The van der Waals surface area contributed by atoms with Gasteiger partial charge in [-0.25, -0.2) is 0 Å². The standard InChI is InChI=1S/C16H34O4Si2/c1-13(2)21(5,6)19-15(17)11-9-10-12-16(18)20-22(7,8)14(3)4/h13-14H,9-12H2,1-8H3. The molecule has 0 atom stereocenters. The van der Waals surface area contributed by atoms with E-state index in [2.05, 4.69) is 53.9 Å². The highest BCUT2D eigenvalue weighted by molar-refractivity contribution is 6.74. The molecule has 4 nitrogen and oxygen atoms in total. The van der Waals surface area contributed by atoms with Crippen molar-refractivity contribution in [3.63, 3.8) is 0 Å². The number of hydrogen-bond acceptors (Lipinski definition) is 4. The Balaban J connectivity index is 3.99. The summed E-state index contributed by atoms with van der Waals surface area (Å²) in [7, 11) is -3.81. The van der Waals surface area contributed by atoms with E-state index in [9.17, 15) is 9.59 Å². The molecule has 0 aromatic rings. The largest absolute Gasteiger partial charge is 0.519 e. The molecule has 0 rings (SSSR count). The van der Waals surface area contributed by atoms with Gasteiger partial charge in [-0.1, -0.05) is 27.7 Å². The Hall–Kier alpha value is -0.626. The van der Waals surface area contributed by atoms with E-state index in [-0.39, 0.29) is 11.9 Å². The zero-order valence-corrected chi connectivity index (χ0v) is 17.6. The molecule has 6 heteroatoms. The summed E-state index contributed by atoms with van der Waals surface area (Å²) in [6, 6.07) is 0. The molecular formula is C16H34O4Si2. The van der Waals surface area contributed by atoms with Gasteiger partial charge in [-0.15, -0.1) is 0 Å². The van der Waals surface area contributed by atoms with Crippen molar-refractivity contribution in [1.82, 2.24) is 0 Å². The van der Waals surface area contributed by atoms with Gasteiger partial charge in [0.1, 0.15) is 0 Å². The van der Waals surface area contributed by atoms with Crippen LogP contribution in [0.5, 0.6) is 0 Å². The Morgan fingerprint density at radius 2 is 1.00 bits per heavy atom. The van der Waals surface area contributed by atoms with Crippen molar-refractivity contribution in [2.45, 2.75) is 90.6 Å². The molecule has 0 amide bonds. The maximum absolute atomic E-state index is 11.8. The second-order valence-electron chi connectivity index (χ2n) is 7.67. The minimum Gasteiger partial charge on any atom is -0.519 e. The Morgan fingerprint density at radius 1 is 0.727 bits per heavy atom. The molecule has 0 aliphatic rings. The van der Waals surface area contributed by atoms with Gasteiger partial charge in [0, 0.05) is 12.8 Å². The van der Waals surface area contributed by atoms with Gasteiger partial charge in [-0.3, -0.25) is 9.59 Å². The third-order valence-electron chi connectivity index (χ3n) is 4.55. The topological polar surface area (TPSA) is 52.6 Å². The third-order valence-corrected chi connectivity index (χ3v) is 11.6. The van der Waals surface area contributed by atoms with Crippen LogP contribution in [0.15, 0.2) is 0 Å². The Labute approximate surface area is 138 Å². The Bertz CT molecular complexity index is 340. The van der Waals surface area contributed by atoms with E-state index < -0.39 is 16.6 Å². The minimum absolute atomic E-state index is 0.129. The van der Waals surface area contributed by atoms with E-state index in [0.29, 0.717) is 36.8 Å². The maximum Gasteiger partial charge on any atom is 0.292 e. The SMILES string of the molecule is CC(C)[Si](C)(C)OC(=O)CCCCC(=O)O[Si](C)(C)C(C)C. The predicted molar refractivity (Wildman–Crippen MR) is 95.8 cm³/mol. The monoisotopic (exact) mass is 346 g/mol. The van der Waals surface area contributed by atoms with Gasteiger partial charge < -0.3 is 8.85 Å². The van der Waals surface area contributed by atoms with Crippen molar-refractivity contribution in [1.29, 1.82) is 0 Å². The summed E-state index contributed by atoms with van der Waals surface area (Å²) in [6.07, 6.45) is 2.14. The number of carbonyl (C=O) groups is 2. The van der Waals surface area contributed by atoms with E-state index in [1.165, 1.54) is 0 Å². The third kappa shape index (κ3) is 8.12. The lowest BCUT2D eigenvalue weighted by Crippen LogP contribution is -2.36. The lowest BCUT2D eigenvalue weighted by atomic mass is 10.2. The predicted octanol–water partition coefficient (Wildman–Crippen LogP) is 4.86. The second kappa shape index (κ2) is 8.86. The maximum atomic E-state index is 11.8. The lowest BCUT2D eigenvalue weighted by molar-refractivity contribution is -0.137. The summed E-state index contributed by atoms with van der Waals surface area (Å²) in [5.74, 6) is -0.258. The van der Waals surface area contributed by atoms with Crippen LogP contribution in [0.2, 0.25) is 37.3 Å². The highest BCUT2D eigenvalue weighted by atomic mass is 28.4. The molecule has 130 valence electrons. The summed E-state index contributed by atoms with van der Waals surface area (Å²) in [5.41, 5.74) is 0.823. The molecule has 0 bridgehead atoms. The van der Waals surface area contributed by atoms with E-state index in [0.717, 1.165) is 0 Å². The zero-order chi connectivity index (χ0) is 17.6. The van der Waals surface area contributed by atoms with Gasteiger partial charge in [0.15, 0.2) is 0 Å². The number of rotatable bonds is 9. The van der Waals surface area contributed by atoms with Crippen LogP contribution < -0.4 is 0 Å². The summed E-state index contributed by atoms with van der Waals surface area (Å²) in [6.45, 7) is 16.6. The number of carbonyl (C=O) groups excluding carboxylic acids is 2. The fourth-order valence-corrected chi connectivity index (χ4v) is 3.31. The van der Waals surface area contributed by atoms with Crippen molar-refractivity contribution in [3.05, 3.63) is 0 Å². The smallest absolute Gasteiger partial charge is 0.292 e. The summed E-state index contributed by atoms with van der Waals surface area (Å²) in [5, 5.41) is 0. The fourth-order valence-electron chi connectivity index (χ4n) is 1.46. The first-order chi connectivity index (χ1) is 9.88. The minimum atomic E-state index is -1.91. The first-order valence-electron chi connectivity index (χ1n) is 8.32. The molecule has 0 fully saturated rings. The molecule has 0 aliphatic heterocycles. The van der Waals surface area contributed by atoms with Crippen LogP contribution in [0.1, 0.15) is 53.4 Å². The molecule has 0 aliphatic carbocycles. The van der Waals surface area contributed by atoms with Gasteiger partial charge in [-0.2, -0.15) is 0 Å². The molecule has 0 spiro atoms. The van der Waals surface area contributed by atoms with Gasteiger partial charge in [0.25, 0.3) is 28.6 Å². The van der Waals surface area contributed by atoms with E-state index in [1.807, 2.05) is 0 Å². The summed E-state index contributed by atoms with van der Waals surface area (Å²) in [4.78, 5) is 23.7. The molecule has 0 aromatic heterocycles. The van der Waals surface area contributed by atoms with Gasteiger partial charge in [0.2, 0.25) is 0 Å². The molecule has 0 saturated heterocycles. The first kappa shape index (κ1) is 21.4. The average Bonchev–Trinajstić information content (AvgIpc) is 2.33. The summed E-state index contributed by atoms with van der Waals surface area (Å²) >= 11 is 0. The molecular weight excluding hydrogens is 312 g/mol. The number of hydrogen-bond donors (Lipinski definition) is 0.